The first-order chi connectivity index (χ1) is 15.7. The number of benzene rings is 1. The number of hydrogen-bond donors (Lipinski definition) is 0. The number of rotatable bonds is 8. The SMILES string of the molecule is CCC1CCC(C2CCC(CCC3CCC(c4ccc(CCF)c(F)c4)CC3)CC2)CC1. The monoisotopic (exact) mass is 444 g/mol. The molecule has 0 nitrogen and oxygen atoms in total. The van der Waals surface area contributed by atoms with Crippen LogP contribution in [0.3, 0.4) is 0 Å². The van der Waals surface area contributed by atoms with Gasteiger partial charge in [0.25, 0.3) is 0 Å². The highest BCUT2D eigenvalue weighted by molar-refractivity contribution is 5.27. The molecule has 0 N–H and O–H groups in total. The Bertz CT molecular complexity index is 674. The third-order valence-corrected chi connectivity index (χ3v) is 9.77. The Balaban J connectivity index is 1.14. The van der Waals surface area contributed by atoms with Crippen molar-refractivity contribution in [2.75, 3.05) is 6.67 Å². The Morgan fingerprint density at radius 1 is 0.719 bits per heavy atom. The van der Waals surface area contributed by atoms with Crippen LogP contribution in [-0.2, 0) is 6.42 Å². The maximum absolute atomic E-state index is 14.2. The minimum atomic E-state index is -0.483. The summed E-state index contributed by atoms with van der Waals surface area (Å²) in [5.41, 5.74) is 1.66. The third-order valence-electron chi connectivity index (χ3n) is 9.77. The molecular weight excluding hydrogens is 398 g/mol. The first-order valence-corrected chi connectivity index (χ1v) is 14.0. The van der Waals surface area contributed by atoms with Crippen molar-refractivity contribution in [2.24, 2.45) is 29.6 Å². The van der Waals surface area contributed by atoms with Crippen LogP contribution in [0.5, 0.6) is 0 Å². The van der Waals surface area contributed by atoms with Crippen molar-refractivity contribution in [1.29, 1.82) is 0 Å². The molecule has 180 valence electrons. The smallest absolute Gasteiger partial charge is 0.126 e. The van der Waals surface area contributed by atoms with Crippen molar-refractivity contribution in [3.05, 3.63) is 35.1 Å². The second-order valence-electron chi connectivity index (χ2n) is 11.6. The Hall–Kier alpha value is -0.920. The van der Waals surface area contributed by atoms with Crippen LogP contribution in [0.1, 0.15) is 120 Å². The second-order valence-corrected chi connectivity index (χ2v) is 11.6. The third kappa shape index (κ3) is 6.35. The van der Waals surface area contributed by atoms with Crippen molar-refractivity contribution >= 4 is 0 Å². The normalized spacial score (nSPS) is 33.8. The summed E-state index contributed by atoms with van der Waals surface area (Å²) in [6.07, 6.45) is 21.4. The van der Waals surface area contributed by atoms with Crippen LogP contribution in [0.15, 0.2) is 18.2 Å². The van der Waals surface area contributed by atoms with Gasteiger partial charge in [-0.1, -0.05) is 64.0 Å². The zero-order valence-electron chi connectivity index (χ0n) is 20.5. The summed E-state index contributed by atoms with van der Waals surface area (Å²) < 4.78 is 26.7. The van der Waals surface area contributed by atoms with Crippen molar-refractivity contribution in [3.8, 4) is 0 Å². The van der Waals surface area contributed by atoms with Crippen LogP contribution in [0.4, 0.5) is 8.78 Å². The molecule has 0 amide bonds. The molecule has 0 bridgehead atoms. The minimum Gasteiger partial charge on any atom is -0.251 e. The van der Waals surface area contributed by atoms with Gasteiger partial charge in [0.1, 0.15) is 5.82 Å². The van der Waals surface area contributed by atoms with E-state index in [9.17, 15) is 8.78 Å². The second kappa shape index (κ2) is 12.0. The first kappa shape index (κ1) is 24.2. The first-order valence-electron chi connectivity index (χ1n) is 14.0. The fourth-order valence-electron chi connectivity index (χ4n) is 7.39. The Kier molecular flexibility index (Phi) is 9.06. The summed E-state index contributed by atoms with van der Waals surface area (Å²) in [5, 5.41) is 0. The largest absolute Gasteiger partial charge is 0.251 e. The van der Waals surface area contributed by atoms with E-state index in [0.717, 1.165) is 35.2 Å². The van der Waals surface area contributed by atoms with Crippen LogP contribution >= 0.6 is 0 Å². The number of halogens is 2. The van der Waals surface area contributed by atoms with Gasteiger partial charge in [-0.3, -0.25) is 4.39 Å². The van der Waals surface area contributed by atoms with Gasteiger partial charge in [-0.15, -0.1) is 0 Å². The van der Waals surface area contributed by atoms with Gasteiger partial charge in [0, 0.05) is 6.42 Å². The highest BCUT2D eigenvalue weighted by Crippen LogP contribution is 2.44. The average Bonchev–Trinajstić information content (AvgIpc) is 2.85. The van der Waals surface area contributed by atoms with Crippen molar-refractivity contribution in [3.63, 3.8) is 0 Å². The molecule has 0 spiro atoms. The molecule has 2 heteroatoms. The molecule has 0 aromatic heterocycles. The van der Waals surface area contributed by atoms with Gasteiger partial charge in [0.15, 0.2) is 0 Å². The quantitative estimate of drug-likeness (QED) is 0.374. The van der Waals surface area contributed by atoms with Crippen molar-refractivity contribution < 1.29 is 8.78 Å². The summed E-state index contributed by atoms with van der Waals surface area (Å²) in [7, 11) is 0. The van der Waals surface area contributed by atoms with Crippen LogP contribution in [0.2, 0.25) is 0 Å². The fraction of sp³-hybridized carbons (Fsp3) is 0.800. The lowest BCUT2D eigenvalue weighted by Gasteiger charge is -2.38. The summed E-state index contributed by atoms with van der Waals surface area (Å²) in [5.74, 6) is 5.25. The molecule has 3 aliphatic rings. The van der Waals surface area contributed by atoms with Crippen molar-refractivity contribution in [1.82, 2.24) is 0 Å². The molecule has 3 fully saturated rings. The summed E-state index contributed by atoms with van der Waals surface area (Å²) in [4.78, 5) is 0. The fourth-order valence-corrected chi connectivity index (χ4v) is 7.39. The molecule has 1 aromatic rings. The zero-order chi connectivity index (χ0) is 22.3. The Morgan fingerprint density at radius 2 is 1.25 bits per heavy atom. The molecule has 0 saturated heterocycles. The van der Waals surface area contributed by atoms with Gasteiger partial charge in [-0.25, -0.2) is 4.39 Å². The van der Waals surface area contributed by atoms with E-state index in [-0.39, 0.29) is 12.2 Å². The van der Waals surface area contributed by atoms with Gasteiger partial charge in [-0.2, -0.15) is 0 Å². The molecule has 0 atom stereocenters. The minimum absolute atomic E-state index is 0.195. The van der Waals surface area contributed by atoms with Crippen LogP contribution < -0.4 is 0 Å². The van der Waals surface area contributed by atoms with Gasteiger partial charge >= 0.3 is 0 Å². The Labute approximate surface area is 196 Å². The standard InChI is InChI=1S/C30H46F2/c1-2-22-5-11-25(12-6-22)26-13-7-23(8-14-26)3-4-24-9-15-27(16-10-24)29-18-17-28(19-20-31)30(32)21-29/h17-18,21-27H,2-16,19-20H2,1H3. The molecule has 0 aliphatic heterocycles. The van der Waals surface area contributed by atoms with E-state index in [1.165, 1.54) is 96.3 Å². The molecule has 4 rings (SSSR count). The summed E-state index contributed by atoms with van der Waals surface area (Å²) in [6.45, 7) is 1.89. The highest BCUT2D eigenvalue weighted by Gasteiger charge is 2.31. The van der Waals surface area contributed by atoms with Crippen LogP contribution in [0, 0.1) is 35.4 Å². The van der Waals surface area contributed by atoms with E-state index in [2.05, 4.69) is 6.92 Å². The number of hydrogen-bond acceptors (Lipinski definition) is 0. The maximum atomic E-state index is 14.2. The molecule has 3 saturated carbocycles. The summed E-state index contributed by atoms with van der Waals surface area (Å²) >= 11 is 0. The summed E-state index contributed by atoms with van der Waals surface area (Å²) in [6, 6.07) is 5.54. The van der Waals surface area contributed by atoms with Crippen molar-refractivity contribution in [2.45, 2.75) is 116 Å². The lowest BCUT2D eigenvalue weighted by atomic mass is 9.68. The topological polar surface area (TPSA) is 0 Å². The van der Waals surface area contributed by atoms with Gasteiger partial charge in [0.05, 0.1) is 6.67 Å². The number of aryl methyl sites for hydroxylation is 1. The van der Waals surface area contributed by atoms with E-state index >= 15 is 0 Å². The molecule has 0 radical (unpaired) electrons. The van der Waals surface area contributed by atoms with Gasteiger partial charge in [0.2, 0.25) is 0 Å². The highest BCUT2D eigenvalue weighted by atomic mass is 19.1. The molecular formula is C30H46F2. The Morgan fingerprint density at radius 3 is 1.75 bits per heavy atom. The predicted octanol–water partition coefficient (Wildman–Crippen LogP) is 9.41. The molecule has 32 heavy (non-hydrogen) atoms. The van der Waals surface area contributed by atoms with E-state index in [1.807, 2.05) is 12.1 Å². The van der Waals surface area contributed by atoms with E-state index < -0.39 is 6.67 Å². The van der Waals surface area contributed by atoms with E-state index in [4.69, 9.17) is 0 Å². The number of alkyl halides is 1. The lowest BCUT2D eigenvalue weighted by Crippen LogP contribution is -2.26. The molecule has 1 aromatic carbocycles. The molecule has 3 aliphatic carbocycles. The maximum Gasteiger partial charge on any atom is 0.126 e. The average molecular weight is 445 g/mol. The molecule has 0 unspecified atom stereocenters. The van der Waals surface area contributed by atoms with Crippen LogP contribution in [-0.4, -0.2) is 6.67 Å². The lowest BCUT2D eigenvalue weighted by molar-refractivity contribution is 0.138. The van der Waals surface area contributed by atoms with E-state index in [0.29, 0.717) is 11.5 Å². The van der Waals surface area contributed by atoms with Gasteiger partial charge < -0.3 is 0 Å². The van der Waals surface area contributed by atoms with Crippen LogP contribution in [0.25, 0.3) is 0 Å². The van der Waals surface area contributed by atoms with E-state index in [1.54, 1.807) is 6.07 Å². The predicted molar refractivity (Wildman–Crippen MR) is 131 cm³/mol. The molecule has 0 heterocycles. The van der Waals surface area contributed by atoms with Gasteiger partial charge in [-0.05, 0) is 104 Å². The zero-order valence-corrected chi connectivity index (χ0v) is 20.5.